The van der Waals surface area contributed by atoms with Gasteiger partial charge in [-0.2, -0.15) is 0 Å². The molecule has 0 amide bonds. The van der Waals surface area contributed by atoms with Crippen molar-refractivity contribution in [1.29, 1.82) is 0 Å². The van der Waals surface area contributed by atoms with Crippen LogP contribution in [0.1, 0.15) is 41.5 Å². The molecule has 0 aromatic heterocycles. The van der Waals surface area contributed by atoms with Crippen LogP contribution in [0.15, 0.2) is 35.5 Å². The summed E-state index contributed by atoms with van der Waals surface area (Å²) in [5.74, 6) is -1.12. The average molecular weight is 349 g/mol. The number of hydrogen-bond acceptors (Lipinski definition) is 6. The Kier molecular flexibility index (Phi) is 22.2. The van der Waals surface area contributed by atoms with Gasteiger partial charge in [-0.3, -0.25) is 14.4 Å². The Hall–Kier alpha value is -1.84. The quantitative estimate of drug-likeness (QED) is 0.501. The van der Waals surface area contributed by atoms with Crippen molar-refractivity contribution in [2.45, 2.75) is 41.5 Å². The molecule has 0 aliphatic rings. The molecule has 0 aromatic rings. The van der Waals surface area contributed by atoms with Crippen LogP contribution in [-0.4, -0.2) is 17.3 Å². The molecule has 0 aliphatic carbocycles. The molecule has 0 rings (SSSR count). The SMILES string of the molecule is CC(=O)/C=C(/C)[O-].CC(=O)/C=C(\C)[O-].CC(=O)/C=C(\C)[O-].[Cr+3]. The van der Waals surface area contributed by atoms with Crippen molar-refractivity contribution in [2.24, 2.45) is 0 Å². The van der Waals surface area contributed by atoms with Crippen LogP contribution >= 0.6 is 0 Å². The Morgan fingerprint density at radius 2 is 0.682 bits per heavy atom. The molecule has 0 atom stereocenters. The van der Waals surface area contributed by atoms with Crippen molar-refractivity contribution in [3.8, 4) is 0 Å². The van der Waals surface area contributed by atoms with Gasteiger partial charge in [0.05, 0.1) is 0 Å². The van der Waals surface area contributed by atoms with E-state index >= 15 is 0 Å². The molecule has 0 N–H and O–H groups in total. The van der Waals surface area contributed by atoms with Gasteiger partial charge in [0, 0.05) is 0 Å². The maximum Gasteiger partial charge on any atom is 3.00 e. The fraction of sp³-hybridized carbons (Fsp3) is 0.400. The molecule has 0 aliphatic heterocycles. The molecular formula is C15H21CrO6. The van der Waals surface area contributed by atoms with E-state index in [-0.39, 0.29) is 52.0 Å². The normalized spacial score (nSPS) is 10.9. The number of ketones is 3. The minimum absolute atomic E-state index is 0. The molecule has 1 radical (unpaired) electrons. The summed E-state index contributed by atoms with van der Waals surface area (Å²) in [5, 5.41) is 29.9. The van der Waals surface area contributed by atoms with Crippen LogP contribution in [0.25, 0.3) is 0 Å². The summed E-state index contributed by atoms with van der Waals surface area (Å²) < 4.78 is 0. The molecule has 0 saturated carbocycles. The zero-order valence-electron chi connectivity index (χ0n) is 13.6. The Morgan fingerprint density at radius 1 is 0.545 bits per heavy atom. The second-order valence-corrected chi connectivity index (χ2v) is 4.10. The van der Waals surface area contributed by atoms with E-state index < -0.39 is 0 Å². The van der Waals surface area contributed by atoms with Gasteiger partial charge in [-0.05, 0) is 39.0 Å². The Balaban J connectivity index is -0.000000108. The minimum Gasteiger partial charge on any atom is -0.876 e. The third kappa shape index (κ3) is 51.8. The van der Waals surface area contributed by atoms with Gasteiger partial charge >= 0.3 is 17.4 Å². The molecule has 0 heterocycles. The average Bonchev–Trinajstić information content (AvgIpc) is 2.10. The van der Waals surface area contributed by atoms with E-state index in [9.17, 15) is 29.7 Å². The second-order valence-electron chi connectivity index (χ2n) is 4.10. The van der Waals surface area contributed by atoms with Crippen LogP contribution in [-0.2, 0) is 31.7 Å². The summed E-state index contributed by atoms with van der Waals surface area (Å²) in [6, 6.07) is 0. The van der Waals surface area contributed by atoms with Gasteiger partial charge in [0.2, 0.25) is 0 Å². The molecular weight excluding hydrogens is 328 g/mol. The first-order valence-corrected chi connectivity index (χ1v) is 5.96. The molecule has 0 aromatic carbocycles. The molecule has 0 bridgehead atoms. The van der Waals surface area contributed by atoms with Crippen LogP contribution in [0.2, 0.25) is 0 Å². The first-order valence-electron chi connectivity index (χ1n) is 5.96. The van der Waals surface area contributed by atoms with E-state index in [1.165, 1.54) is 41.5 Å². The third-order valence-corrected chi connectivity index (χ3v) is 1.22. The topological polar surface area (TPSA) is 120 Å². The van der Waals surface area contributed by atoms with Gasteiger partial charge in [0.1, 0.15) is 0 Å². The second kappa shape index (κ2) is 17.2. The molecule has 0 spiro atoms. The Labute approximate surface area is 142 Å². The van der Waals surface area contributed by atoms with Gasteiger partial charge < -0.3 is 15.3 Å². The van der Waals surface area contributed by atoms with E-state index in [1.807, 2.05) is 0 Å². The van der Waals surface area contributed by atoms with E-state index in [0.717, 1.165) is 18.2 Å². The van der Waals surface area contributed by atoms with Gasteiger partial charge in [-0.15, -0.1) is 17.3 Å². The molecule has 6 nitrogen and oxygen atoms in total. The minimum atomic E-state index is -0.187. The van der Waals surface area contributed by atoms with Crippen molar-refractivity contribution in [3.63, 3.8) is 0 Å². The smallest absolute Gasteiger partial charge is 0.876 e. The zero-order chi connectivity index (χ0) is 17.6. The summed E-state index contributed by atoms with van der Waals surface area (Å²) >= 11 is 0. The standard InChI is InChI=1S/3C5H8O2.Cr/c3*1-4(6)3-5(2)7;/h3*3,6H,1-2H3;/q;;;+3/p-3/b2*4-3+;4-3-;. The fourth-order valence-corrected chi connectivity index (χ4v) is 0.859. The predicted octanol–water partition coefficient (Wildman–Crippen LogP) is -0.484. The first kappa shape index (κ1) is 28.3. The van der Waals surface area contributed by atoms with E-state index in [0.29, 0.717) is 0 Å². The number of allylic oxidation sites excluding steroid dienone is 6. The number of hydrogen-bond donors (Lipinski definition) is 0. The van der Waals surface area contributed by atoms with E-state index in [2.05, 4.69) is 0 Å². The fourth-order valence-electron chi connectivity index (χ4n) is 0.859. The maximum absolute atomic E-state index is 9.98. The molecule has 0 fully saturated rings. The van der Waals surface area contributed by atoms with Crippen LogP contribution in [0, 0.1) is 0 Å². The largest absolute Gasteiger partial charge is 3.00 e. The van der Waals surface area contributed by atoms with Crippen LogP contribution in [0.4, 0.5) is 0 Å². The number of carbonyl (C=O) groups is 3. The van der Waals surface area contributed by atoms with Crippen LogP contribution < -0.4 is 15.3 Å². The number of rotatable bonds is 3. The zero-order valence-corrected chi connectivity index (χ0v) is 14.9. The Bertz CT molecular complexity index is 368. The maximum atomic E-state index is 9.98. The molecule has 22 heavy (non-hydrogen) atoms. The van der Waals surface area contributed by atoms with E-state index in [4.69, 9.17) is 0 Å². The van der Waals surface area contributed by atoms with Gasteiger partial charge in [-0.1, -0.05) is 20.8 Å². The van der Waals surface area contributed by atoms with Gasteiger partial charge in [-0.25, -0.2) is 0 Å². The van der Waals surface area contributed by atoms with Gasteiger partial charge in [0.15, 0.2) is 17.3 Å². The summed E-state index contributed by atoms with van der Waals surface area (Å²) in [4.78, 5) is 29.9. The van der Waals surface area contributed by atoms with Crippen molar-refractivity contribution in [3.05, 3.63) is 35.5 Å². The molecule has 123 valence electrons. The molecule has 0 saturated heterocycles. The van der Waals surface area contributed by atoms with E-state index in [1.54, 1.807) is 0 Å². The van der Waals surface area contributed by atoms with Crippen molar-refractivity contribution in [1.82, 2.24) is 0 Å². The van der Waals surface area contributed by atoms with Crippen LogP contribution in [0.5, 0.6) is 0 Å². The first-order chi connectivity index (χ1) is 9.38. The third-order valence-electron chi connectivity index (χ3n) is 1.22. The molecule has 0 unspecified atom stereocenters. The van der Waals surface area contributed by atoms with Crippen molar-refractivity contribution >= 4 is 17.3 Å². The summed E-state index contributed by atoms with van der Waals surface area (Å²) in [6.45, 7) is 8.09. The monoisotopic (exact) mass is 349 g/mol. The van der Waals surface area contributed by atoms with Crippen molar-refractivity contribution in [2.75, 3.05) is 0 Å². The summed E-state index contributed by atoms with van der Waals surface area (Å²) in [6.07, 6.45) is 3.17. The van der Waals surface area contributed by atoms with Crippen LogP contribution in [0.3, 0.4) is 0 Å². The predicted molar refractivity (Wildman–Crippen MR) is 73.3 cm³/mol. The molecule has 7 heteroatoms. The van der Waals surface area contributed by atoms with Gasteiger partial charge in [0.25, 0.3) is 0 Å². The van der Waals surface area contributed by atoms with Crippen molar-refractivity contribution < 1.29 is 47.1 Å². The Morgan fingerprint density at radius 3 is 0.682 bits per heavy atom. The summed E-state index contributed by atoms with van der Waals surface area (Å²) in [7, 11) is 0. The summed E-state index contributed by atoms with van der Waals surface area (Å²) in [5.41, 5.74) is 0. The number of carbonyl (C=O) groups excluding carboxylic acids is 3.